The lowest BCUT2D eigenvalue weighted by Gasteiger charge is -2.19. The van der Waals surface area contributed by atoms with Crippen LogP contribution in [0.4, 0.5) is 4.79 Å². The van der Waals surface area contributed by atoms with Gasteiger partial charge >= 0.3 is 6.09 Å². The lowest BCUT2D eigenvalue weighted by Crippen LogP contribution is -2.34. The molecule has 78 valence electrons. The van der Waals surface area contributed by atoms with Crippen molar-refractivity contribution in [2.75, 3.05) is 6.54 Å². The quantitative estimate of drug-likeness (QED) is 0.479. The number of hydrogen-bond acceptors (Lipinski definition) is 4. The summed E-state index contributed by atoms with van der Waals surface area (Å²) in [6, 6.07) is 0. The van der Waals surface area contributed by atoms with Gasteiger partial charge in [-0.25, -0.2) is 4.79 Å². The van der Waals surface area contributed by atoms with Crippen LogP contribution < -0.4 is 11.1 Å². The maximum absolute atomic E-state index is 11.0. The van der Waals surface area contributed by atoms with Gasteiger partial charge in [-0.2, -0.15) is 12.6 Å². The fraction of sp³-hybridized carbons (Fsp3) is 0.875. The van der Waals surface area contributed by atoms with Gasteiger partial charge < -0.3 is 15.8 Å². The summed E-state index contributed by atoms with van der Waals surface area (Å²) in [5.74, 6) is 0. The van der Waals surface area contributed by atoms with Gasteiger partial charge in [0, 0.05) is 11.9 Å². The second-order valence-electron chi connectivity index (χ2n) is 3.78. The molecule has 1 unspecified atom stereocenters. The van der Waals surface area contributed by atoms with Crippen molar-refractivity contribution >= 4 is 18.7 Å². The molecule has 0 radical (unpaired) electrons. The molecule has 0 fully saturated rings. The lowest BCUT2D eigenvalue weighted by atomic mass is 10.2. The van der Waals surface area contributed by atoms with E-state index in [2.05, 4.69) is 17.9 Å². The molecule has 0 aliphatic heterocycles. The Kier molecular flexibility index (Phi) is 5.17. The third-order valence-electron chi connectivity index (χ3n) is 1.11. The zero-order valence-corrected chi connectivity index (χ0v) is 9.23. The lowest BCUT2D eigenvalue weighted by molar-refractivity contribution is 0.0527. The van der Waals surface area contributed by atoms with E-state index < -0.39 is 11.7 Å². The van der Waals surface area contributed by atoms with Crippen LogP contribution in [0.3, 0.4) is 0 Å². The minimum Gasteiger partial charge on any atom is -0.444 e. The summed E-state index contributed by atoms with van der Waals surface area (Å²) in [5.41, 5.74) is 4.93. The fourth-order valence-corrected chi connectivity index (χ4v) is 0.765. The average Bonchev–Trinajstić information content (AvgIpc) is 1.81. The van der Waals surface area contributed by atoms with Crippen LogP contribution in [-0.2, 0) is 4.74 Å². The van der Waals surface area contributed by atoms with Crippen LogP contribution in [0.2, 0.25) is 0 Å². The molecule has 0 aliphatic carbocycles. The summed E-state index contributed by atoms with van der Waals surface area (Å²) in [6.07, 6.45) is 0.212. The van der Waals surface area contributed by atoms with Crippen molar-refractivity contribution in [3.05, 3.63) is 0 Å². The molecule has 0 aliphatic rings. The molecule has 13 heavy (non-hydrogen) atoms. The number of alkyl carbamates (subject to hydrolysis) is 1. The molecule has 1 atom stereocenters. The predicted molar refractivity (Wildman–Crippen MR) is 55.8 cm³/mol. The molecule has 0 saturated heterocycles. The Morgan fingerprint density at radius 1 is 1.62 bits per heavy atom. The second-order valence-corrected chi connectivity index (χ2v) is 4.45. The summed E-state index contributed by atoms with van der Waals surface area (Å²) in [7, 11) is 0. The fourth-order valence-electron chi connectivity index (χ4n) is 0.636. The van der Waals surface area contributed by atoms with Crippen molar-refractivity contribution in [3.8, 4) is 0 Å². The van der Waals surface area contributed by atoms with Crippen molar-refractivity contribution in [2.24, 2.45) is 5.73 Å². The van der Waals surface area contributed by atoms with Gasteiger partial charge in [-0.3, -0.25) is 0 Å². The monoisotopic (exact) mass is 206 g/mol. The zero-order chi connectivity index (χ0) is 10.5. The topological polar surface area (TPSA) is 64.3 Å². The van der Waals surface area contributed by atoms with Gasteiger partial charge in [0.25, 0.3) is 0 Å². The van der Waals surface area contributed by atoms with Crippen LogP contribution in [0.1, 0.15) is 27.2 Å². The molecule has 0 spiro atoms. The van der Waals surface area contributed by atoms with E-state index in [0.717, 1.165) is 0 Å². The largest absolute Gasteiger partial charge is 0.444 e. The highest BCUT2D eigenvalue weighted by Crippen LogP contribution is 2.06. The van der Waals surface area contributed by atoms with Crippen LogP contribution in [0.25, 0.3) is 0 Å². The van der Waals surface area contributed by atoms with Crippen LogP contribution >= 0.6 is 12.6 Å². The average molecular weight is 206 g/mol. The summed E-state index contributed by atoms with van der Waals surface area (Å²) in [4.78, 5) is 11.0. The molecule has 0 bridgehead atoms. The molecule has 0 aromatic carbocycles. The maximum atomic E-state index is 11.0. The summed E-state index contributed by atoms with van der Waals surface area (Å²) >= 11 is 3.97. The number of rotatable bonds is 3. The van der Waals surface area contributed by atoms with Crippen LogP contribution in [0.15, 0.2) is 0 Å². The first-order valence-electron chi connectivity index (χ1n) is 4.22. The van der Waals surface area contributed by atoms with E-state index in [4.69, 9.17) is 10.5 Å². The molecule has 4 nitrogen and oxygen atoms in total. The van der Waals surface area contributed by atoms with Crippen molar-refractivity contribution in [2.45, 2.75) is 38.2 Å². The predicted octanol–water partition coefficient (Wildman–Crippen LogP) is 1.12. The van der Waals surface area contributed by atoms with Gasteiger partial charge in [-0.15, -0.1) is 0 Å². The van der Waals surface area contributed by atoms with Gasteiger partial charge in [0.1, 0.15) is 5.60 Å². The van der Waals surface area contributed by atoms with E-state index in [1.54, 1.807) is 0 Å². The molecular weight excluding hydrogens is 188 g/mol. The molecular formula is C8H18N2O2S. The summed E-state index contributed by atoms with van der Waals surface area (Å²) in [5, 5.41) is 2.38. The number of amides is 1. The van der Waals surface area contributed by atoms with E-state index in [0.29, 0.717) is 13.0 Å². The Bertz CT molecular complexity index is 166. The van der Waals surface area contributed by atoms with Crippen molar-refractivity contribution in [3.63, 3.8) is 0 Å². The standard InChI is InChI=1S/C8H18N2O2S/c1-8(2,3)12-7(11)10-5-4-6(9)13/h6,13H,4-5,9H2,1-3H3,(H,10,11). The summed E-state index contributed by atoms with van der Waals surface area (Å²) in [6.45, 7) is 5.93. The highest BCUT2D eigenvalue weighted by molar-refractivity contribution is 7.80. The third-order valence-corrected chi connectivity index (χ3v) is 1.37. The van der Waals surface area contributed by atoms with Crippen molar-refractivity contribution in [1.82, 2.24) is 5.32 Å². The zero-order valence-electron chi connectivity index (χ0n) is 8.33. The molecule has 0 rings (SSSR count). The van der Waals surface area contributed by atoms with Crippen molar-refractivity contribution < 1.29 is 9.53 Å². The van der Waals surface area contributed by atoms with Crippen molar-refractivity contribution in [1.29, 1.82) is 0 Å². The SMILES string of the molecule is CC(C)(C)OC(=O)NCCC(N)S. The minimum atomic E-state index is -0.451. The Morgan fingerprint density at radius 2 is 2.15 bits per heavy atom. The molecule has 0 saturated carbocycles. The number of nitrogens with two attached hydrogens (primary N) is 1. The Labute approximate surface area is 84.6 Å². The highest BCUT2D eigenvalue weighted by atomic mass is 32.1. The smallest absolute Gasteiger partial charge is 0.407 e. The number of nitrogens with one attached hydrogen (secondary N) is 1. The Balaban J connectivity index is 3.53. The van der Waals surface area contributed by atoms with Crippen LogP contribution in [-0.4, -0.2) is 23.6 Å². The number of hydrogen-bond donors (Lipinski definition) is 3. The molecule has 1 amide bonds. The van der Waals surface area contributed by atoms with E-state index >= 15 is 0 Å². The van der Waals surface area contributed by atoms with E-state index in [9.17, 15) is 4.79 Å². The van der Waals surface area contributed by atoms with Crippen LogP contribution in [0, 0.1) is 0 Å². The third kappa shape index (κ3) is 9.49. The number of carbonyl (C=O) groups is 1. The van der Waals surface area contributed by atoms with E-state index in [1.807, 2.05) is 20.8 Å². The second kappa shape index (κ2) is 5.34. The van der Waals surface area contributed by atoms with Gasteiger partial charge in [-0.05, 0) is 27.2 Å². The molecule has 0 aromatic heterocycles. The van der Waals surface area contributed by atoms with Gasteiger partial charge in [0.2, 0.25) is 0 Å². The highest BCUT2D eigenvalue weighted by Gasteiger charge is 2.15. The number of carbonyl (C=O) groups excluding carboxylic acids is 1. The Morgan fingerprint density at radius 3 is 2.54 bits per heavy atom. The summed E-state index contributed by atoms with van der Waals surface area (Å²) < 4.78 is 5.00. The first-order chi connectivity index (χ1) is 5.81. The van der Waals surface area contributed by atoms with Gasteiger partial charge in [-0.1, -0.05) is 0 Å². The van der Waals surface area contributed by atoms with Gasteiger partial charge in [0.15, 0.2) is 0 Å². The van der Waals surface area contributed by atoms with Crippen LogP contribution in [0.5, 0.6) is 0 Å². The number of ether oxygens (including phenoxy) is 1. The first kappa shape index (κ1) is 12.6. The maximum Gasteiger partial charge on any atom is 0.407 e. The Hall–Kier alpha value is -0.420. The number of thiol groups is 1. The van der Waals surface area contributed by atoms with E-state index in [1.165, 1.54) is 0 Å². The minimum absolute atomic E-state index is 0.199. The molecule has 3 N–H and O–H groups in total. The molecule has 0 aromatic rings. The normalized spacial score (nSPS) is 13.6. The first-order valence-corrected chi connectivity index (χ1v) is 4.73. The van der Waals surface area contributed by atoms with Gasteiger partial charge in [0.05, 0.1) is 0 Å². The molecule has 5 heteroatoms. The molecule has 0 heterocycles. The van der Waals surface area contributed by atoms with E-state index in [-0.39, 0.29) is 5.37 Å².